The molecule has 0 aromatic heterocycles. The molecule has 3 nitrogen and oxygen atoms in total. The molecule has 16 heavy (non-hydrogen) atoms. The van der Waals surface area contributed by atoms with Gasteiger partial charge in [0.05, 0.1) is 11.7 Å². The first kappa shape index (κ1) is 12.3. The van der Waals surface area contributed by atoms with Crippen LogP contribution in [0.1, 0.15) is 45.4 Å². The third-order valence-corrected chi connectivity index (χ3v) is 4.21. The van der Waals surface area contributed by atoms with Crippen LogP contribution in [0.4, 0.5) is 0 Å². The summed E-state index contributed by atoms with van der Waals surface area (Å²) in [6, 6.07) is 0. The lowest BCUT2D eigenvalue weighted by molar-refractivity contribution is -0.0465. The Kier molecular flexibility index (Phi) is 4.22. The first-order chi connectivity index (χ1) is 7.78. The first-order valence-corrected chi connectivity index (χ1v) is 6.88. The zero-order valence-corrected chi connectivity index (χ0v) is 10.6. The van der Waals surface area contributed by atoms with Gasteiger partial charge in [0.15, 0.2) is 0 Å². The van der Waals surface area contributed by atoms with Crippen LogP contribution < -0.4 is 5.73 Å². The molecule has 1 aliphatic heterocycles. The van der Waals surface area contributed by atoms with E-state index in [9.17, 15) is 0 Å². The summed E-state index contributed by atoms with van der Waals surface area (Å²) in [5.74, 6) is 0. The minimum absolute atomic E-state index is 0.285. The molecular weight excluding hydrogens is 200 g/mol. The second kappa shape index (κ2) is 5.48. The number of nitrogens with zero attached hydrogens (tertiary/aromatic N) is 1. The first-order valence-electron chi connectivity index (χ1n) is 6.88. The van der Waals surface area contributed by atoms with Gasteiger partial charge in [-0.2, -0.15) is 0 Å². The Morgan fingerprint density at radius 2 is 2.06 bits per heavy atom. The van der Waals surface area contributed by atoms with Crippen molar-refractivity contribution < 1.29 is 4.74 Å². The molecule has 0 aromatic carbocycles. The molecular formula is C13H26N2O. The lowest BCUT2D eigenvalue weighted by atomic mass is 9.98. The van der Waals surface area contributed by atoms with E-state index in [1.807, 2.05) is 0 Å². The van der Waals surface area contributed by atoms with Crippen molar-refractivity contribution in [3.05, 3.63) is 0 Å². The second-order valence-corrected chi connectivity index (χ2v) is 5.35. The Bertz CT molecular complexity index is 214. The van der Waals surface area contributed by atoms with Gasteiger partial charge >= 0.3 is 0 Å². The molecule has 0 amide bonds. The van der Waals surface area contributed by atoms with Crippen molar-refractivity contribution in [1.82, 2.24) is 4.90 Å². The highest BCUT2D eigenvalue weighted by Gasteiger charge is 2.42. The standard InChI is InChI=1S/C13H26N2O/c1-2-15(10-9-14)11-12-5-8-13(16-12)6-3-4-7-13/h12H,2-11,14H2,1H3. The van der Waals surface area contributed by atoms with E-state index in [1.54, 1.807) is 0 Å². The van der Waals surface area contributed by atoms with Gasteiger partial charge in [-0.1, -0.05) is 19.8 Å². The SMILES string of the molecule is CCN(CCN)CC1CCC2(CCCC2)O1. The molecule has 1 atom stereocenters. The normalized spacial score (nSPS) is 28.3. The van der Waals surface area contributed by atoms with E-state index in [2.05, 4.69) is 11.8 Å². The summed E-state index contributed by atoms with van der Waals surface area (Å²) >= 11 is 0. The van der Waals surface area contributed by atoms with Crippen molar-refractivity contribution in [1.29, 1.82) is 0 Å². The molecule has 1 spiro atoms. The van der Waals surface area contributed by atoms with Gasteiger partial charge in [-0.15, -0.1) is 0 Å². The molecule has 2 fully saturated rings. The fourth-order valence-electron chi connectivity index (χ4n) is 3.26. The molecule has 1 saturated carbocycles. The molecule has 94 valence electrons. The van der Waals surface area contributed by atoms with Crippen LogP contribution >= 0.6 is 0 Å². The molecule has 3 heteroatoms. The van der Waals surface area contributed by atoms with Crippen molar-refractivity contribution in [2.75, 3.05) is 26.2 Å². The van der Waals surface area contributed by atoms with Crippen LogP contribution in [-0.4, -0.2) is 42.8 Å². The summed E-state index contributed by atoms with van der Waals surface area (Å²) < 4.78 is 6.31. The highest BCUT2D eigenvalue weighted by molar-refractivity contribution is 4.93. The van der Waals surface area contributed by atoms with Gasteiger partial charge < -0.3 is 10.5 Å². The van der Waals surface area contributed by atoms with Crippen molar-refractivity contribution in [2.24, 2.45) is 5.73 Å². The van der Waals surface area contributed by atoms with E-state index in [0.717, 1.165) is 26.2 Å². The number of hydrogen-bond donors (Lipinski definition) is 1. The summed E-state index contributed by atoms with van der Waals surface area (Å²) in [5, 5.41) is 0. The van der Waals surface area contributed by atoms with Crippen LogP contribution in [0.25, 0.3) is 0 Å². The van der Waals surface area contributed by atoms with Crippen molar-refractivity contribution in [2.45, 2.75) is 57.2 Å². The predicted molar refractivity (Wildman–Crippen MR) is 66.5 cm³/mol. The molecule has 0 radical (unpaired) electrons. The van der Waals surface area contributed by atoms with Crippen LogP contribution in [-0.2, 0) is 4.74 Å². The maximum Gasteiger partial charge on any atom is 0.0710 e. The van der Waals surface area contributed by atoms with Gasteiger partial charge in [0.1, 0.15) is 0 Å². The van der Waals surface area contributed by atoms with Gasteiger partial charge in [-0.3, -0.25) is 4.90 Å². The average molecular weight is 226 g/mol. The minimum Gasteiger partial charge on any atom is -0.370 e. The van der Waals surface area contributed by atoms with E-state index in [1.165, 1.54) is 38.5 Å². The molecule has 2 N–H and O–H groups in total. The Morgan fingerprint density at radius 1 is 1.31 bits per heavy atom. The third-order valence-electron chi connectivity index (χ3n) is 4.21. The van der Waals surface area contributed by atoms with Crippen LogP contribution in [0.15, 0.2) is 0 Å². The van der Waals surface area contributed by atoms with E-state index in [0.29, 0.717) is 6.10 Å². The quantitative estimate of drug-likeness (QED) is 0.776. The summed E-state index contributed by atoms with van der Waals surface area (Å²) in [6.07, 6.45) is 8.34. The van der Waals surface area contributed by atoms with Gasteiger partial charge in [0.25, 0.3) is 0 Å². The van der Waals surface area contributed by atoms with E-state index in [4.69, 9.17) is 10.5 Å². The van der Waals surface area contributed by atoms with Crippen LogP contribution in [0.5, 0.6) is 0 Å². The monoisotopic (exact) mass is 226 g/mol. The number of likely N-dealkylation sites (N-methyl/N-ethyl adjacent to an activating group) is 1. The molecule has 1 saturated heterocycles. The zero-order chi connectivity index (χ0) is 11.4. The molecule has 1 heterocycles. The topological polar surface area (TPSA) is 38.5 Å². The highest BCUT2D eigenvalue weighted by Crippen LogP contribution is 2.43. The maximum absolute atomic E-state index is 6.31. The van der Waals surface area contributed by atoms with Crippen molar-refractivity contribution >= 4 is 0 Å². The Morgan fingerprint density at radius 3 is 2.69 bits per heavy atom. The van der Waals surface area contributed by atoms with E-state index >= 15 is 0 Å². The summed E-state index contributed by atoms with van der Waals surface area (Å²) in [6.45, 7) is 6.13. The summed E-state index contributed by atoms with van der Waals surface area (Å²) in [7, 11) is 0. The lowest BCUT2D eigenvalue weighted by Crippen LogP contribution is -2.37. The summed E-state index contributed by atoms with van der Waals surface area (Å²) in [4.78, 5) is 2.42. The molecule has 2 rings (SSSR count). The lowest BCUT2D eigenvalue weighted by Gasteiger charge is -2.27. The number of ether oxygens (including phenoxy) is 1. The maximum atomic E-state index is 6.31. The summed E-state index contributed by atoms with van der Waals surface area (Å²) in [5.41, 5.74) is 5.90. The highest BCUT2D eigenvalue weighted by atomic mass is 16.5. The van der Waals surface area contributed by atoms with E-state index in [-0.39, 0.29) is 5.60 Å². The third kappa shape index (κ3) is 2.76. The number of nitrogens with two attached hydrogens (primary N) is 1. The van der Waals surface area contributed by atoms with Crippen molar-refractivity contribution in [3.63, 3.8) is 0 Å². The van der Waals surface area contributed by atoms with Gasteiger partial charge in [-0.05, 0) is 32.2 Å². The Balaban J connectivity index is 1.79. The average Bonchev–Trinajstić information content (AvgIpc) is 2.90. The van der Waals surface area contributed by atoms with Crippen LogP contribution in [0.3, 0.4) is 0 Å². The largest absolute Gasteiger partial charge is 0.370 e. The fourth-order valence-corrected chi connectivity index (χ4v) is 3.26. The number of hydrogen-bond acceptors (Lipinski definition) is 3. The van der Waals surface area contributed by atoms with Gasteiger partial charge in [-0.25, -0.2) is 0 Å². The molecule has 1 aliphatic carbocycles. The van der Waals surface area contributed by atoms with Crippen LogP contribution in [0, 0.1) is 0 Å². The molecule has 0 bridgehead atoms. The van der Waals surface area contributed by atoms with Crippen molar-refractivity contribution in [3.8, 4) is 0 Å². The van der Waals surface area contributed by atoms with Gasteiger partial charge in [0, 0.05) is 19.6 Å². The van der Waals surface area contributed by atoms with Crippen LogP contribution in [0.2, 0.25) is 0 Å². The smallest absolute Gasteiger partial charge is 0.0710 e. The molecule has 2 aliphatic rings. The Hall–Kier alpha value is -0.120. The van der Waals surface area contributed by atoms with Gasteiger partial charge in [0.2, 0.25) is 0 Å². The molecule has 1 unspecified atom stereocenters. The molecule has 0 aromatic rings. The Labute approximate surface area is 99.3 Å². The number of rotatable bonds is 5. The second-order valence-electron chi connectivity index (χ2n) is 5.35. The zero-order valence-electron chi connectivity index (χ0n) is 10.6. The fraction of sp³-hybridized carbons (Fsp3) is 1.00. The minimum atomic E-state index is 0.285. The predicted octanol–water partition coefficient (Wildman–Crippen LogP) is 1.76. The van der Waals surface area contributed by atoms with E-state index < -0.39 is 0 Å².